The third-order valence-corrected chi connectivity index (χ3v) is 10.8. The van der Waals surface area contributed by atoms with E-state index >= 15 is 0 Å². The first-order valence-corrected chi connectivity index (χ1v) is 21.5. The molecule has 2 saturated heterocycles. The van der Waals surface area contributed by atoms with Crippen LogP contribution in [0.15, 0.2) is 152 Å². The predicted molar refractivity (Wildman–Crippen MR) is 233 cm³/mol. The smallest absolute Gasteiger partial charge is 0.303 e. The molecule has 2 aliphatic rings. The van der Waals surface area contributed by atoms with Crippen LogP contribution < -0.4 is 0 Å². The molecule has 2 aliphatic heterocycles. The molecule has 2 fully saturated rings. The molecular formula is C51H56O13. The van der Waals surface area contributed by atoms with Gasteiger partial charge in [-0.05, 0) is 27.8 Å². The van der Waals surface area contributed by atoms with E-state index in [0.29, 0.717) is 6.61 Å². The van der Waals surface area contributed by atoms with E-state index in [1.165, 1.54) is 13.8 Å². The van der Waals surface area contributed by atoms with E-state index in [1.54, 1.807) is 0 Å². The Balaban J connectivity index is 1.26. The van der Waals surface area contributed by atoms with E-state index in [4.69, 9.17) is 47.4 Å². The van der Waals surface area contributed by atoms with Crippen LogP contribution in [0.5, 0.6) is 0 Å². The zero-order valence-electron chi connectivity index (χ0n) is 36.0. The molecule has 0 spiro atoms. The maximum Gasteiger partial charge on any atom is 0.303 e. The summed E-state index contributed by atoms with van der Waals surface area (Å²) in [6.07, 6.45) is -11.2. The SMILES string of the molecule is CC(=O)OC[C@H]1O[C@H](O)[C@@H](O[C@H]2O[C@H](COCc3ccccc3)[C@@H](OCc3ccccc3)[C@H](OCc3ccccc3)[C@@H]2OCc2ccccc2)[C@@H](OCc2ccccc2)[C@@H]1OC(C)=O. The van der Waals surface area contributed by atoms with Gasteiger partial charge in [0.2, 0.25) is 0 Å². The summed E-state index contributed by atoms with van der Waals surface area (Å²) >= 11 is 0. The van der Waals surface area contributed by atoms with Crippen molar-refractivity contribution < 1.29 is 62.1 Å². The second-order valence-electron chi connectivity index (χ2n) is 15.6. The first-order chi connectivity index (χ1) is 31.3. The number of benzene rings is 5. The van der Waals surface area contributed by atoms with Crippen molar-refractivity contribution in [1.29, 1.82) is 0 Å². The van der Waals surface area contributed by atoms with Crippen molar-refractivity contribution in [3.05, 3.63) is 179 Å². The summed E-state index contributed by atoms with van der Waals surface area (Å²) in [6.45, 7) is 3.12. The summed E-state index contributed by atoms with van der Waals surface area (Å²) in [5, 5.41) is 11.9. The average molecular weight is 877 g/mol. The summed E-state index contributed by atoms with van der Waals surface area (Å²) in [4.78, 5) is 24.7. The third kappa shape index (κ3) is 13.6. The summed E-state index contributed by atoms with van der Waals surface area (Å²) in [5.41, 5.74) is 4.51. The molecule has 0 radical (unpaired) electrons. The van der Waals surface area contributed by atoms with Gasteiger partial charge in [0.25, 0.3) is 0 Å². The molecule has 0 aromatic heterocycles. The van der Waals surface area contributed by atoms with Crippen LogP contribution in [0.3, 0.4) is 0 Å². The van der Waals surface area contributed by atoms with Crippen LogP contribution in [0.2, 0.25) is 0 Å². The van der Waals surface area contributed by atoms with Gasteiger partial charge in [0, 0.05) is 13.8 Å². The zero-order chi connectivity index (χ0) is 44.5. The maximum atomic E-state index is 12.7. The molecule has 0 aliphatic carbocycles. The first kappa shape index (κ1) is 46.7. The lowest BCUT2D eigenvalue weighted by atomic mass is 9.96. The van der Waals surface area contributed by atoms with E-state index < -0.39 is 73.4 Å². The predicted octanol–water partition coefficient (Wildman–Crippen LogP) is 6.87. The number of esters is 2. The molecule has 5 aromatic carbocycles. The highest BCUT2D eigenvalue weighted by Gasteiger charge is 2.55. The van der Waals surface area contributed by atoms with Crippen LogP contribution in [0, 0.1) is 0 Å². The van der Waals surface area contributed by atoms with Crippen LogP contribution in [0.1, 0.15) is 41.7 Å². The lowest BCUT2D eigenvalue weighted by Crippen LogP contribution is -2.66. The molecular weight excluding hydrogens is 821 g/mol. The Morgan fingerprint density at radius 2 is 0.844 bits per heavy atom. The van der Waals surface area contributed by atoms with Gasteiger partial charge in [-0.3, -0.25) is 9.59 Å². The fraction of sp³-hybridized carbons (Fsp3) is 0.373. The number of hydrogen-bond donors (Lipinski definition) is 1. The number of aliphatic hydroxyl groups excluding tert-OH is 1. The Hall–Kier alpha value is -5.32. The molecule has 10 atom stereocenters. The van der Waals surface area contributed by atoms with Crippen molar-refractivity contribution in [1.82, 2.24) is 0 Å². The van der Waals surface area contributed by atoms with Gasteiger partial charge < -0.3 is 52.5 Å². The maximum absolute atomic E-state index is 12.7. The molecule has 0 amide bonds. The fourth-order valence-electron chi connectivity index (χ4n) is 7.68. The van der Waals surface area contributed by atoms with Gasteiger partial charge in [-0.15, -0.1) is 0 Å². The Kier molecular flexibility index (Phi) is 17.6. The van der Waals surface area contributed by atoms with Crippen molar-refractivity contribution in [3.63, 3.8) is 0 Å². The molecule has 5 aromatic rings. The van der Waals surface area contributed by atoms with Crippen molar-refractivity contribution in [2.75, 3.05) is 13.2 Å². The molecule has 13 nitrogen and oxygen atoms in total. The standard InChI is InChI=1S/C51H56O13/c1-35(52)56-34-43-45(61-36(2)53)47(59-31-40-24-14-6-15-25-40)48(50(54)62-43)64-51-49(60-32-41-26-16-7-17-27-41)46(58-30-39-22-12-5-13-23-39)44(57-29-38-20-10-4-11-21-38)42(63-51)33-55-28-37-18-8-3-9-19-37/h3-27,42-51,54H,28-34H2,1-2H3/t42-,43-,44-,45-,46+,47+,48+,49+,50+,51-/m1/s1. The quantitative estimate of drug-likeness (QED) is 0.0767. The first-order valence-electron chi connectivity index (χ1n) is 21.5. The second-order valence-corrected chi connectivity index (χ2v) is 15.6. The third-order valence-electron chi connectivity index (χ3n) is 10.8. The normalized spacial score (nSPS) is 25.6. The zero-order valence-corrected chi connectivity index (χ0v) is 36.0. The van der Waals surface area contributed by atoms with Gasteiger partial charge in [0.15, 0.2) is 18.7 Å². The molecule has 2 heterocycles. The van der Waals surface area contributed by atoms with Gasteiger partial charge in [0.05, 0.1) is 39.6 Å². The minimum atomic E-state index is -1.69. The molecule has 0 saturated carbocycles. The topological polar surface area (TPSA) is 147 Å². The highest BCUT2D eigenvalue weighted by Crippen LogP contribution is 2.36. The molecule has 338 valence electrons. The summed E-state index contributed by atoms with van der Waals surface area (Å²) in [7, 11) is 0. The summed E-state index contributed by atoms with van der Waals surface area (Å²) in [6, 6.07) is 48.4. The highest BCUT2D eigenvalue weighted by molar-refractivity contribution is 5.66. The van der Waals surface area contributed by atoms with Crippen LogP contribution in [0.4, 0.5) is 0 Å². The Bertz CT molecular complexity index is 2110. The van der Waals surface area contributed by atoms with E-state index in [9.17, 15) is 14.7 Å². The Morgan fingerprint density at radius 1 is 0.453 bits per heavy atom. The molecule has 13 heteroatoms. The molecule has 0 bridgehead atoms. The van der Waals surface area contributed by atoms with Crippen molar-refractivity contribution in [3.8, 4) is 0 Å². The molecule has 1 N–H and O–H groups in total. The number of aliphatic hydroxyl groups is 1. The monoisotopic (exact) mass is 876 g/mol. The lowest BCUT2D eigenvalue weighted by Gasteiger charge is -2.49. The van der Waals surface area contributed by atoms with E-state index in [1.807, 2.05) is 152 Å². The highest BCUT2D eigenvalue weighted by atomic mass is 16.8. The summed E-state index contributed by atoms with van der Waals surface area (Å²) < 4.78 is 64.4. The van der Waals surface area contributed by atoms with Crippen molar-refractivity contribution >= 4 is 11.9 Å². The van der Waals surface area contributed by atoms with Gasteiger partial charge in [-0.2, -0.15) is 0 Å². The number of carbonyl (C=O) groups excluding carboxylic acids is 2. The number of carbonyl (C=O) groups is 2. The van der Waals surface area contributed by atoms with E-state index in [-0.39, 0.29) is 39.6 Å². The average Bonchev–Trinajstić information content (AvgIpc) is 3.31. The van der Waals surface area contributed by atoms with Crippen LogP contribution >= 0.6 is 0 Å². The Morgan fingerprint density at radius 3 is 1.28 bits per heavy atom. The van der Waals surface area contributed by atoms with Gasteiger partial charge >= 0.3 is 11.9 Å². The van der Waals surface area contributed by atoms with Gasteiger partial charge in [-0.1, -0.05) is 152 Å². The van der Waals surface area contributed by atoms with Crippen molar-refractivity contribution in [2.24, 2.45) is 0 Å². The van der Waals surface area contributed by atoms with Gasteiger partial charge in [0.1, 0.15) is 49.3 Å². The second kappa shape index (κ2) is 24.1. The number of hydrogen-bond acceptors (Lipinski definition) is 13. The summed E-state index contributed by atoms with van der Waals surface area (Å²) in [5.74, 6) is -1.23. The van der Waals surface area contributed by atoms with Crippen LogP contribution in [0.25, 0.3) is 0 Å². The van der Waals surface area contributed by atoms with Crippen molar-refractivity contribution in [2.45, 2.75) is 108 Å². The number of ether oxygens (including phenoxy) is 10. The van der Waals surface area contributed by atoms with Gasteiger partial charge in [-0.25, -0.2) is 0 Å². The Labute approximate surface area is 374 Å². The fourth-order valence-corrected chi connectivity index (χ4v) is 7.68. The molecule has 0 unspecified atom stereocenters. The van der Waals surface area contributed by atoms with E-state index in [2.05, 4.69) is 0 Å². The largest absolute Gasteiger partial charge is 0.463 e. The molecule has 64 heavy (non-hydrogen) atoms. The number of rotatable bonds is 21. The lowest BCUT2D eigenvalue weighted by molar-refractivity contribution is -0.376. The molecule has 7 rings (SSSR count). The van der Waals surface area contributed by atoms with Crippen LogP contribution in [-0.4, -0.2) is 91.7 Å². The van der Waals surface area contributed by atoms with E-state index in [0.717, 1.165) is 27.8 Å². The minimum Gasteiger partial charge on any atom is -0.463 e. The minimum absolute atomic E-state index is 0.0454. The van der Waals surface area contributed by atoms with Crippen LogP contribution in [-0.2, 0) is 90.0 Å².